The third-order valence-corrected chi connectivity index (χ3v) is 4.12. The average Bonchev–Trinajstić information content (AvgIpc) is 2.49. The molecule has 21 heavy (non-hydrogen) atoms. The van der Waals surface area contributed by atoms with Gasteiger partial charge < -0.3 is 15.2 Å². The number of carbonyl (C=O) groups is 2. The quantitative estimate of drug-likeness (QED) is 0.894. The number of anilines is 1. The van der Waals surface area contributed by atoms with Gasteiger partial charge in [0.1, 0.15) is 0 Å². The van der Waals surface area contributed by atoms with Crippen LogP contribution in [0, 0.1) is 18.8 Å². The number of carbonyl (C=O) groups excluding carboxylic acids is 1. The molecule has 1 unspecified atom stereocenters. The van der Waals surface area contributed by atoms with E-state index in [1.54, 1.807) is 19.1 Å². The van der Waals surface area contributed by atoms with Crippen molar-refractivity contribution in [1.82, 2.24) is 0 Å². The molecule has 1 aliphatic heterocycles. The monoisotopic (exact) mass is 291 g/mol. The molecular formula is C16H21NO4. The maximum Gasteiger partial charge on any atom is 0.336 e. The van der Waals surface area contributed by atoms with Crippen LogP contribution in [-0.2, 0) is 9.53 Å². The molecule has 1 amide bonds. The van der Waals surface area contributed by atoms with Gasteiger partial charge in [-0.25, -0.2) is 4.79 Å². The fraction of sp³-hybridized carbons (Fsp3) is 0.500. The second kappa shape index (κ2) is 6.72. The highest BCUT2D eigenvalue weighted by Gasteiger charge is 2.26. The van der Waals surface area contributed by atoms with Gasteiger partial charge in [0.15, 0.2) is 0 Å². The first-order valence-electron chi connectivity index (χ1n) is 7.21. The number of aryl methyl sites for hydroxylation is 1. The van der Waals surface area contributed by atoms with Crippen molar-refractivity contribution in [1.29, 1.82) is 0 Å². The van der Waals surface area contributed by atoms with E-state index in [1.807, 2.05) is 6.92 Å². The van der Waals surface area contributed by atoms with Crippen molar-refractivity contribution >= 4 is 17.6 Å². The Labute approximate surface area is 124 Å². The van der Waals surface area contributed by atoms with Gasteiger partial charge in [-0.3, -0.25) is 4.79 Å². The molecule has 1 saturated heterocycles. The van der Waals surface area contributed by atoms with E-state index in [-0.39, 0.29) is 17.4 Å². The first kappa shape index (κ1) is 15.5. The van der Waals surface area contributed by atoms with Crippen molar-refractivity contribution < 1.29 is 19.4 Å². The largest absolute Gasteiger partial charge is 0.478 e. The van der Waals surface area contributed by atoms with Gasteiger partial charge in [0.2, 0.25) is 5.91 Å². The standard InChI is InChI=1S/C16H21NO4/c1-10-3-4-13(9-14(10)16(19)20)17-15(18)11(2)12-5-7-21-8-6-12/h3-4,9,11-12H,5-8H2,1-2H3,(H,17,18)(H,19,20). The summed E-state index contributed by atoms with van der Waals surface area (Å²) in [6.07, 6.45) is 1.78. The number of benzene rings is 1. The molecule has 0 radical (unpaired) electrons. The van der Waals surface area contributed by atoms with Gasteiger partial charge in [-0.1, -0.05) is 13.0 Å². The molecule has 0 aromatic heterocycles. The van der Waals surface area contributed by atoms with Gasteiger partial charge in [0.25, 0.3) is 0 Å². The SMILES string of the molecule is Cc1ccc(NC(=O)C(C)C2CCOCC2)cc1C(=O)O. The van der Waals surface area contributed by atoms with Gasteiger partial charge in [-0.15, -0.1) is 0 Å². The summed E-state index contributed by atoms with van der Waals surface area (Å²) in [4.78, 5) is 23.4. The number of hydrogen-bond acceptors (Lipinski definition) is 3. The van der Waals surface area contributed by atoms with E-state index in [2.05, 4.69) is 5.32 Å². The zero-order valence-electron chi connectivity index (χ0n) is 12.4. The first-order valence-corrected chi connectivity index (χ1v) is 7.21. The predicted molar refractivity (Wildman–Crippen MR) is 79.5 cm³/mol. The third kappa shape index (κ3) is 3.82. The fourth-order valence-corrected chi connectivity index (χ4v) is 2.62. The van der Waals surface area contributed by atoms with Crippen LogP contribution in [-0.4, -0.2) is 30.2 Å². The molecule has 114 valence electrons. The van der Waals surface area contributed by atoms with Crippen LogP contribution >= 0.6 is 0 Å². The maximum absolute atomic E-state index is 12.3. The van der Waals surface area contributed by atoms with E-state index in [4.69, 9.17) is 9.84 Å². The molecule has 2 N–H and O–H groups in total. The normalized spacial score (nSPS) is 17.2. The van der Waals surface area contributed by atoms with E-state index >= 15 is 0 Å². The lowest BCUT2D eigenvalue weighted by Crippen LogP contribution is -2.31. The van der Waals surface area contributed by atoms with Crippen LogP contribution < -0.4 is 5.32 Å². The highest BCUT2D eigenvalue weighted by Crippen LogP contribution is 2.25. The van der Waals surface area contributed by atoms with E-state index in [0.29, 0.717) is 30.4 Å². The Kier molecular flexibility index (Phi) is 4.96. The molecule has 0 bridgehead atoms. The highest BCUT2D eigenvalue weighted by atomic mass is 16.5. The number of rotatable bonds is 4. The van der Waals surface area contributed by atoms with Crippen LogP contribution in [0.25, 0.3) is 0 Å². The number of hydrogen-bond donors (Lipinski definition) is 2. The van der Waals surface area contributed by atoms with Crippen LogP contribution in [0.3, 0.4) is 0 Å². The zero-order chi connectivity index (χ0) is 15.4. The topological polar surface area (TPSA) is 75.6 Å². The molecular weight excluding hydrogens is 270 g/mol. The molecule has 1 aliphatic rings. The summed E-state index contributed by atoms with van der Waals surface area (Å²) in [7, 11) is 0. The van der Waals surface area contributed by atoms with Gasteiger partial charge in [0, 0.05) is 24.8 Å². The van der Waals surface area contributed by atoms with Crippen molar-refractivity contribution in [3.8, 4) is 0 Å². The molecule has 1 atom stereocenters. The predicted octanol–water partition coefficient (Wildman–Crippen LogP) is 2.69. The molecule has 0 aliphatic carbocycles. The lowest BCUT2D eigenvalue weighted by atomic mass is 9.86. The molecule has 2 rings (SSSR count). The molecule has 1 aromatic rings. The van der Waals surface area contributed by atoms with Crippen LogP contribution in [0.15, 0.2) is 18.2 Å². The van der Waals surface area contributed by atoms with E-state index < -0.39 is 5.97 Å². The fourth-order valence-electron chi connectivity index (χ4n) is 2.62. The Hall–Kier alpha value is -1.88. The average molecular weight is 291 g/mol. The van der Waals surface area contributed by atoms with Crippen molar-refractivity contribution in [2.45, 2.75) is 26.7 Å². The van der Waals surface area contributed by atoms with E-state index in [9.17, 15) is 9.59 Å². The lowest BCUT2D eigenvalue weighted by Gasteiger charge is -2.27. The van der Waals surface area contributed by atoms with Crippen LogP contribution in [0.2, 0.25) is 0 Å². The highest BCUT2D eigenvalue weighted by molar-refractivity contribution is 5.95. The number of nitrogens with one attached hydrogen (secondary N) is 1. The van der Waals surface area contributed by atoms with Gasteiger partial charge in [0.05, 0.1) is 5.56 Å². The van der Waals surface area contributed by atoms with Gasteiger partial charge >= 0.3 is 5.97 Å². The number of amides is 1. The summed E-state index contributed by atoms with van der Waals surface area (Å²) in [6, 6.07) is 4.95. The Morgan fingerprint density at radius 3 is 2.62 bits per heavy atom. The second-order valence-corrected chi connectivity index (χ2v) is 5.56. The number of ether oxygens (including phenoxy) is 1. The van der Waals surface area contributed by atoms with Crippen molar-refractivity contribution in [2.75, 3.05) is 18.5 Å². The minimum absolute atomic E-state index is 0.0675. The smallest absolute Gasteiger partial charge is 0.336 e. The molecule has 5 nitrogen and oxygen atoms in total. The molecule has 1 aromatic carbocycles. The Morgan fingerprint density at radius 1 is 1.33 bits per heavy atom. The van der Waals surface area contributed by atoms with Crippen molar-refractivity contribution in [3.05, 3.63) is 29.3 Å². The van der Waals surface area contributed by atoms with Gasteiger partial charge in [-0.2, -0.15) is 0 Å². The molecule has 0 saturated carbocycles. The summed E-state index contributed by atoms with van der Waals surface area (Å²) in [5.74, 6) is -0.838. The Bertz CT molecular complexity index is 535. The molecule has 5 heteroatoms. The summed E-state index contributed by atoms with van der Waals surface area (Å²) < 4.78 is 5.31. The Morgan fingerprint density at radius 2 is 2.00 bits per heavy atom. The second-order valence-electron chi connectivity index (χ2n) is 5.56. The Balaban J connectivity index is 2.05. The summed E-state index contributed by atoms with van der Waals surface area (Å²) >= 11 is 0. The number of carboxylic acids is 1. The maximum atomic E-state index is 12.3. The van der Waals surface area contributed by atoms with E-state index in [1.165, 1.54) is 6.07 Å². The molecule has 1 heterocycles. The minimum Gasteiger partial charge on any atom is -0.478 e. The number of aromatic carboxylic acids is 1. The van der Waals surface area contributed by atoms with Gasteiger partial charge in [-0.05, 0) is 43.4 Å². The minimum atomic E-state index is -0.985. The third-order valence-electron chi connectivity index (χ3n) is 4.12. The van der Waals surface area contributed by atoms with Crippen LogP contribution in [0.1, 0.15) is 35.7 Å². The van der Waals surface area contributed by atoms with Crippen LogP contribution in [0.5, 0.6) is 0 Å². The summed E-state index contributed by atoms with van der Waals surface area (Å²) in [5, 5.41) is 11.9. The van der Waals surface area contributed by atoms with Crippen LogP contribution in [0.4, 0.5) is 5.69 Å². The first-order chi connectivity index (χ1) is 9.99. The molecule has 0 spiro atoms. The lowest BCUT2D eigenvalue weighted by molar-refractivity contribution is -0.122. The van der Waals surface area contributed by atoms with E-state index in [0.717, 1.165) is 12.8 Å². The molecule has 1 fully saturated rings. The number of carboxylic acid groups (broad SMARTS) is 1. The van der Waals surface area contributed by atoms with Crippen molar-refractivity contribution in [2.24, 2.45) is 11.8 Å². The summed E-state index contributed by atoms with van der Waals surface area (Å²) in [5.41, 5.74) is 1.42. The summed E-state index contributed by atoms with van der Waals surface area (Å²) in [6.45, 7) is 5.06. The zero-order valence-corrected chi connectivity index (χ0v) is 12.4. The van der Waals surface area contributed by atoms with Crippen molar-refractivity contribution in [3.63, 3.8) is 0 Å².